The monoisotopic (exact) mass is 463 g/mol. The topological polar surface area (TPSA) is 61.4 Å². The normalized spacial score (nSPS) is 32.1. The smallest absolute Gasteiger partial charge is 0.224 e. The molecule has 1 saturated heterocycles. The van der Waals surface area contributed by atoms with Gasteiger partial charge in [0.2, 0.25) is 11.8 Å². The molecule has 2 amide bonds. The Labute approximate surface area is 204 Å². The maximum absolute atomic E-state index is 13.8. The third kappa shape index (κ3) is 3.88. The molecule has 34 heavy (non-hydrogen) atoms. The lowest BCUT2D eigenvalue weighted by Crippen LogP contribution is -2.47. The maximum atomic E-state index is 13.8. The van der Waals surface area contributed by atoms with Gasteiger partial charge >= 0.3 is 0 Å². The summed E-state index contributed by atoms with van der Waals surface area (Å²) in [6.07, 6.45) is 11.5. The van der Waals surface area contributed by atoms with Gasteiger partial charge in [-0.1, -0.05) is 29.8 Å². The minimum Gasteiger partial charge on any atom is -0.356 e. The van der Waals surface area contributed by atoms with E-state index in [1.54, 1.807) is 0 Å². The van der Waals surface area contributed by atoms with Crippen LogP contribution in [-0.4, -0.2) is 42.9 Å². The standard InChI is InChI=1S/C29H41N3O2/c1-20-6-8-21(9-7-20)29(14-15-29)31-27(34)25-23-11-10-22(28(23)12-13-28)24(25)26(33)30-16-2-3-17-32-18-4-5-19-32/h6-9,22-25H,2-5,10-19H2,1H3,(H,30,33)(H,31,34)/t22-,23+,24-,25-/m1/s1. The number of unbranched alkanes of at least 4 members (excludes halogenated alkanes) is 1. The lowest BCUT2D eigenvalue weighted by atomic mass is 9.78. The van der Waals surface area contributed by atoms with Gasteiger partial charge in [-0.2, -0.15) is 0 Å². The van der Waals surface area contributed by atoms with Crippen molar-refractivity contribution in [2.75, 3.05) is 26.2 Å². The van der Waals surface area contributed by atoms with Crippen molar-refractivity contribution in [2.45, 2.75) is 76.7 Å². The summed E-state index contributed by atoms with van der Waals surface area (Å²) in [6, 6.07) is 8.60. The van der Waals surface area contributed by atoms with Crippen LogP contribution in [0.4, 0.5) is 0 Å². The van der Waals surface area contributed by atoms with Gasteiger partial charge in [0.15, 0.2) is 0 Å². The number of carbonyl (C=O) groups excluding carboxylic acids is 2. The van der Waals surface area contributed by atoms with Crippen LogP contribution in [-0.2, 0) is 15.1 Å². The molecule has 4 saturated carbocycles. The third-order valence-electron chi connectivity index (χ3n) is 10.1. The van der Waals surface area contributed by atoms with E-state index in [-0.39, 0.29) is 29.2 Å². The average molecular weight is 464 g/mol. The van der Waals surface area contributed by atoms with E-state index in [2.05, 4.69) is 46.7 Å². The lowest BCUT2D eigenvalue weighted by molar-refractivity contribution is -0.137. The van der Waals surface area contributed by atoms with Gasteiger partial charge in [0, 0.05) is 6.54 Å². The van der Waals surface area contributed by atoms with Crippen LogP contribution in [0.15, 0.2) is 24.3 Å². The van der Waals surface area contributed by atoms with Crippen LogP contribution >= 0.6 is 0 Å². The molecule has 2 N–H and O–H groups in total. The Morgan fingerprint density at radius 2 is 1.56 bits per heavy atom. The zero-order chi connectivity index (χ0) is 23.3. The summed E-state index contributed by atoms with van der Waals surface area (Å²) in [5.41, 5.74) is 2.54. The second kappa shape index (κ2) is 8.65. The van der Waals surface area contributed by atoms with Crippen molar-refractivity contribution >= 4 is 11.8 Å². The number of benzene rings is 1. The van der Waals surface area contributed by atoms with Crippen molar-refractivity contribution in [1.82, 2.24) is 15.5 Å². The Bertz CT molecular complexity index is 927. The summed E-state index contributed by atoms with van der Waals surface area (Å²) in [5.74, 6) is 0.831. The zero-order valence-electron chi connectivity index (χ0n) is 20.8. The van der Waals surface area contributed by atoms with Gasteiger partial charge < -0.3 is 15.5 Å². The Hall–Kier alpha value is -1.88. The average Bonchev–Trinajstić information content (AvgIpc) is 3.68. The van der Waals surface area contributed by atoms with E-state index < -0.39 is 0 Å². The molecule has 1 aliphatic heterocycles. The van der Waals surface area contributed by atoms with Gasteiger partial charge in [-0.05, 0) is 114 Å². The minimum absolute atomic E-state index is 0.131. The van der Waals surface area contributed by atoms with E-state index in [0.717, 1.165) is 51.6 Å². The summed E-state index contributed by atoms with van der Waals surface area (Å²) in [4.78, 5) is 29.8. The van der Waals surface area contributed by atoms with E-state index >= 15 is 0 Å². The second-order valence-corrected chi connectivity index (χ2v) is 12.1. The highest BCUT2D eigenvalue weighted by Crippen LogP contribution is 2.74. The molecule has 4 atom stereocenters. The van der Waals surface area contributed by atoms with E-state index in [0.29, 0.717) is 17.3 Å². The van der Waals surface area contributed by atoms with Gasteiger partial charge in [-0.3, -0.25) is 9.59 Å². The quantitative estimate of drug-likeness (QED) is 0.541. The first-order valence-electron chi connectivity index (χ1n) is 13.9. The molecule has 1 heterocycles. The highest BCUT2D eigenvalue weighted by atomic mass is 16.2. The van der Waals surface area contributed by atoms with Crippen LogP contribution in [0.3, 0.4) is 0 Å². The number of hydrogen-bond acceptors (Lipinski definition) is 3. The van der Waals surface area contributed by atoms with Gasteiger partial charge in [-0.25, -0.2) is 0 Å². The summed E-state index contributed by atoms with van der Waals surface area (Å²) < 4.78 is 0. The number of nitrogens with zero attached hydrogens (tertiary/aromatic N) is 1. The fourth-order valence-corrected chi connectivity index (χ4v) is 7.96. The van der Waals surface area contributed by atoms with Crippen LogP contribution in [0, 0.1) is 36.0 Å². The van der Waals surface area contributed by atoms with Crippen LogP contribution < -0.4 is 10.6 Å². The van der Waals surface area contributed by atoms with Crippen molar-refractivity contribution in [3.8, 4) is 0 Å². The molecule has 5 nitrogen and oxygen atoms in total. The van der Waals surface area contributed by atoms with Crippen LogP contribution in [0.25, 0.3) is 0 Å². The van der Waals surface area contributed by atoms with E-state index in [9.17, 15) is 9.59 Å². The highest BCUT2D eigenvalue weighted by molar-refractivity contribution is 5.90. The minimum atomic E-state index is -0.208. The first kappa shape index (κ1) is 22.6. The first-order valence-corrected chi connectivity index (χ1v) is 13.9. The molecule has 1 aromatic carbocycles. The van der Waals surface area contributed by atoms with E-state index in [1.807, 2.05) is 0 Å². The van der Waals surface area contributed by atoms with Crippen molar-refractivity contribution in [3.05, 3.63) is 35.4 Å². The van der Waals surface area contributed by atoms with E-state index in [4.69, 9.17) is 0 Å². The molecule has 5 fully saturated rings. The predicted octanol–water partition coefficient (Wildman–Crippen LogP) is 4.14. The molecule has 184 valence electrons. The van der Waals surface area contributed by atoms with Crippen molar-refractivity contribution in [3.63, 3.8) is 0 Å². The fourth-order valence-electron chi connectivity index (χ4n) is 7.96. The van der Waals surface area contributed by atoms with Gasteiger partial charge in [0.25, 0.3) is 0 Å². The van der Waals surface area contributed by atoms with Crippen LogP contribution in [0.2, 0.25) is 0 Å². The van der Waals surface area contributed by atoms with Crippen molar-refractivity contribution in [1.29, 1.82) is 0 Å². The summed E-state index contributed by atoms with van der Waals surface area (Å²) in [6.45, 7) is 6.47. The molecule has 4 aliphatic carbocycles. The number of rotatable bonds is 9. The summed E-state index contributed by atoms with van der Waals surface area (Å²) in [5, 5.41) is 6.73. The molecule has 0 aromatic heterocycles. The fraction of sp³-hybridized carbons (Fsp3) is 0.724. The summed E-state index contributed by atoms with van der Waals surface area (Å²) >= 11 is 0. The number of carbonyl (C=O) groups is 2. The van der Waals surface area contributed by atoms with Gasteiger partial charge in [-0.15, -0.1) is 0 Å². The Balaban J connectivity index is 1.10. The van der Waals surface area contributed by atoms with Gasteiger partial charge in [0.05, 0.1) is 17.4 Å². The lowest BCUT2D eigenvalue weighted by Gasteiger charge is -2.31. The molecule has 1 spiro atoms. The van der Waals surface area contributed by atoms with Crippen molar-refractivity contribution < 1.29 is 9.59 Å². The van der Waals surface area contributed by atoms with Crippen LogP contribution in [0.5, 0.6) is 0 Å². The van der Waals surface area contributed by atoms with Gasteiger partial charge in [0.1, 0.15) is 0 Å². The molecular weight excluding hydrogens is 422 g/mol. The molecule has 6 rings (SSSR count). The SMILES string of the molecule is Cc1ccc(C2(NC(=O)[C@H]3[C@H](C(=O)NCCCCN4CCCC4)[C@H]4CC[C@@H]3C43CC3)CC2)cc1. The predicted molar refractivity (Wildman–Crippen MR) is 133 cm³/mol. The summed E-state index contributed by atoms with van der Waals surface area (Å²) in [7, 11) is 0. The molecule has 5 aliphatic rings. The number of amides is 2. The number of nitrogens with one attached hydrogen (secondary N) is 2. The molecule has 0 radical (unpaired) electrons. The zero-order valence-corrected chi connectivity index (χ0v) is 20.8. The van der Waals surface area contributed by atoms with E-state index in [1.165, 1.54) is 49.9 Å². The Morgan fingerprint density at radius 1 is 0.912 bits per heavy atom. The van der Waals surface area contributed by atoms with Crippen molar-refractivity contribution in [2.24, 2.45) is 29.1 Å². The number of hydrogen-bond donors (Lipinski definition) is 2. The molecule has 0 unspecified atom stereocenters. The highest BCUT2D eigenvalue weighted by Gasteiger charge is 2.71. The Kier molecular flexibility index (Phi) is 5.75. The molecule has 1 aromatic rings. The molecule has 5 heteroatoms. The number of likely N-dealkylation sites (tertiary alicyclic amines) is 1. The first-order chi connectivity index (χ1) is 16.5. The molecule has 2 bridgehead atoms. The Morgan fingerprint density at radius 3 is 2.18 bits per heavy atom. The maximum Gasteiger partial charge on any atom is 0.224 e. The second-order valence-electron chi connectivity index (χ2n) is 12.1. The largest absolute Gasteiger partial charge is 0.356 e. The third-order valence-corrected chi connectivity index (χ3v) is 10.1. The number of aryl methyl sites for hydroxylation is 1. The van der Waals surface area contributed by atoms with Crippen LogP contribution in [0.1, 0.15) is 75.3 Å². The molecular formula is C29H41N3O2.